The van der Waals surface area contributed by atoms with Crippen molar-refractivity contribution in [1.82, 2.24) is 5.32 Å². The molecule has 3 atom stereocenters. The normalized spacial score (nSPS) is 27.1. The number of rotatable bonds is 12. The van der Waals surface area contributed by atoms with E-state index in [1.54, 1.807) is 0 Å². The predicted octanol–water partition coefficient (Wildman–Crippen LogP) is 2.88. The van der Waals surface area contributed by atoms with Gasteiger partial charge in [-0.1, -0.05) is 39.0 Å². The molecule has 0 radical (unpaired) electrons. The maximum Gasteiger partial charge on any atom is 0.0897 e. The summed E-state index contributed by atoms with van der Waals surface area (Å²) in [5, 5.41) is 13.4. The van der Waals surface area contributed by atoms with E-state index in [-0.39, 0.29) is 11.6 Å². The molecule has 0 aromatic carbocycles. The Morgan fingerprint density at radius 2 is 2.00 bits per heavy atom. The number of aliphatic hydroxyl groups excluding tert-OH is 1. The van der Waals surface area contributed by atoms with Crippen LogP contribution in [0.25, 0.3) is 0 Å². The quantitative estimate of drug-likeness (QED) is 0.544. The van der Waals surface area contributed by atoms with Crippen LogP contribution in [0.1, 0.15) is 65.7 Å². The zero-order chi connectivity index (χ0) is 15.6. The molecule has 1 heterocycles. The van der Waals surface area contributed by atoms with Gasteiger partial charge in [0, 0.05) is 25.3 Å². The molecule has 0 aromatic rings. The molecule has 0 aliphatic carbocycles. The van der Waals surface area contributed by atoms with Crippen molar-refractivity contribution in [3.63, 3.8) is 0 Å². The number of nitrogens with one attached hydrogen (secondary N) is 1. The Morgan fingerprint density at radius 1 is 1.29 bits per heavy atom. The van der Waals surface area contributed by atoms with Gasteiger partial charge in [0.15, 0.2) is 0 Å². The first-order valence-corrected chi connectivity index (χ1v) is 8.71. The van der Waals surface area contributed by atoms with E-state index in [1.165, 1.54) is 32.1 Å². The Morgan fingerprint density at radius 3 is 2.67 bits per heavy atom. The smallest absolute Gasteiger partial charge is 0.0897 e. The molecule has 2 N–H and O–H groups in total. The van der Waals surface area contributed by atoms with Gasteiger partial charge in [-0.15, -0.1) is 0 Å². The van der Waals surface area contributed by atoms with Gasteiger partial charge in [0.1, 0.15) is 0 Å². The zero-order valence-electron chi connectivity index (χ0n) is 14.2. The van der Waals surface area contributed by atoms with Crippen LogP contribution in [-0.2, 0) is 9.47 Å². The minimum absolute atomic E-state index is 0.0136. The van der Waals surface area contributed by atoms with Crippen LogP contribution < -0.4 is 5.32 Å². The Bertz CT molecular complexity index is 262. The molecular weight excluding hydrogens is 266 g/mol. The molecule has 1 rings (SSSR count). The summed E-state index contributed by atoms with van der Waals surface area (Å²) in [4.78, 5) is 0. The highest BCUT2D eigenvalue weighted by Gasteiger charge is 2.36. The van der Waals surface area contributed by atoms with Crippen molar-refractivity contribution in [2.75, 3.05) is 26.4 Å². The number of hydrogen-bond acceptors (Lipinski definition) is 4. The summed E-state index contributed by atoms with van der Waals surface area (Å²) in [7, 11) is 0. The van der Waals surface area contributed by atoms with Crippen molar-refractivity contribution in [2.45, 2.75) is 83.5 Å². The average Bonchev–Trinajstić information content (AvgIpc) is 2.80. The van der Waals surface area contributed by atoms with Crippen LogP contribution in [0, 0.1) is 0 Å². The van der Waals surface area contributed by atoms with E-state index in [4.69, 9.17) is 9.47 Å². The van der Waals surface area contributed by atoms with Crippen molar-refractivity contribution in [3.8, 4) is 0 Å². The largest absolute Gasteiger partial charge is 0.389 e. The molecule has 126 valence electrons. The molecule has 0 aromatic heterocycles. The lowest BCUT2D eigenvalue weighted by molar-refractivity contribution is 0.0265. The summed E-state index contributed by atoms with van der Waals surface area (Å²) in [6.45, 7) is 9.04. The second kappa shape index (κ2) is 10.5. The van der Waals surface area contributed by atoms with Crippen molar-refractivity contribution < 1.29 is 14.6 Å². The third-order valence-corrected chi connectivity index (χ3v) is 4.58. The van der Waals surface area contributed by atoms with Crippen LogP contribution in [0.2, 0.25) is 0 Å². The lowest BCUT2D eigenvalue weighted by atomic mass is 9.94. The van der Waals surface area contributed by atoms with Crippen molar-refractivity contribution in [3.05, 3.63) is 0 Å². The first-order chi connectivity index (χ1) is 10.1. The highest BCUT2D eigenvalue weighted by atomic mass is 16.5. The fourth-order valence-electron chi connectivity index (χ4n) is 2.68. The summed E-state index contributed by atoms with van der Waals surface area (Å²) in [5.74, 6) is 0. The lowest BCUT2D eigenvalue weighted by Gasteiger charge is -2.30. The van der Waals surface area contributed by atoms with Crippen LogP contribution in [0.3, 0.4) is 0 Å². The fourth-order valence-corrected chi connectivity index (χ4v) is 2.68. The van der Waals surface area contributed by atoms with Crippen LogP contribution in [0.15, 0.2) is 0 Å². The van der Waals surface area contributed by atoms with Gasteiger partial charge in [0.25, 0.3) is 0 Å². The average molecular weight is 301 g/mol. The van der Waals surface area contributed by atoms with Crippen molar-refractivity contribution >= 4 is 0 Å². The number of aliphatic hydroxyl groups is 1. The van der Waals surface area contributed by atoms with Gasteiger partial charge >= 0.3 is 0 Å². The van der Waals surface area contributed by atoms with Gasteiger partial charge in [0.2, 0.25) is 0 Å². The van der Waals surface area contributed by atoms with Crippen molar-refractivity contribution in [1.29, 1.82) is 0 Å². The molecule has 1 aliphatic heterocycles. The summed E-state index contributed by atoms with van der Waals surface area (Å²) >= 11 is 0. The third kappa shape index (κ3) is 7.59. The first kappa shape index (κ1) is 18.9. The third-order valence-electron chi connectivity index (χ3n) is 4.58. The lowest BCUT2D eigenvalue weighted by Crippen LogP contribution is -2.50. The topological polar surface area (TPSA) is 50.7 Å². The van der Waals surface area contributed by atoms with E-state index in [2.05, 4.69) is 26.1 Å². The van der Waals surface area contributed by atoms with Gasteiger partial charge in [-0.25, -0.2) is 0 Å². The first-order valence-electron chi connectivity index (χ1n) is 8.71. The van der Waals surface area contributed by atoms with E-state index in [9.17, 15) is 5.11 Å². The molecular formula is C17H35NO3. The van der Waals surface area contributed by atoms with E-state index < -0.39 is 6.10 Å². The molecule has 1 saturated heterocycles. The fraction of sp³-hybridized carbons (Fsp3) is 1.00. The van der Waals surface area contributed by atoms with Crippen molar-refractivity contribution in [2.24, 2.45) is 0 Å². The van der Waals surface area contributed by atoms with Gasteiger partial charge < -0.3 is 19.9 Å². The molecule has 21 heavy (non-hydrogen) atoms. The monoisotopic (exact) mass is 301 g/mol. The zero-order valence-corrected chi connectivity index (χ0v) is 14.2. The molecule has 1 fully saturated rings. The molecule has 1 aliphatic rings. The molecule has 4 nitrogen and oxygen atoms in total. The maximum absolute atomic E-state index is 9.95. The number of ether oxygens (including phenoxy) is 2. The van der Waals surface area contributed by atoms with E-state index in [1.807, 2.05) is 0 Å². The Hall–Kier alpha value is -0.160. The summed E-state index contributed by atoms with van der Waals surface area (Å²) < 4.78 is 11.1. The molecule has 0 bridgehead atoms. The summed E-state index contributed by atoms with van der Waals surface area (Å²) in [6, 6.07) is 0. The van der Waals surface area contributed by atoms with Crippen LogP contribution >= 0.6 is 0 Å². The van der Waals surface area contributed by atoms with Crippen LogP contribution in [0.4, 0.5) is 0 Å². The van der Waals surface area contributed by atoms with Gasteiger partial charge in [-0.3, -0.25) is 0 Å². The highest BCUT2D eigenvalue weighted by Crippen LogP contribution is 2.24. The van der Waals surface area contributed by atoms with Gasteiger partial charge in [-0.05, 0) is 26.7 Å². The standard InChI is InChI=1S/C17H35NO3/c1-4-5-6-7-8-9-11-20-14-16(19)13-18-17(3)10-12-21-15(17)2/h15-16,18-19H,4-14H2,1-3H3. The Kier molecular flexibility index (Phi) is 9.49. The second-order valence-corrected chi connectivity index (χ2v) is 6.56. The van der Waals surface area contributed by atoms with Gasteiger partial charge in [0.05, 0.1) is 18.8 Å². The van der Waals surface area contributed by atoms with Gasteiger partial charge in [-0.2, -0.15) is 0 Å². The molecule has 3 unspecified atom stereocenters. The summed E-state index contributed by atoms with van der Waals surface area (Å²) in [5.41, 5.74) is -0.0136. The minimum Gasteiger partial charge on any atom is -0.389 e. The van der Waals surface area contributed by atoms with Crippen LogP contribution in [0.5, 0.6) is 0 Å². The number of unbranched alkanes of at least 4 members (excludes halogenated alkanes) is 5. The number of hydrogen-bond donors (Lipinski definition) is 2. The SMILES string of the molecule is CCCCCCCCOCC(O)CNC1(C)CCOC1C. The van der Waals surface area contributed by atoms with E-state index >= 15 is 0 Å². The maximum atomic E-state index is 9.95. The van der Waals surface area contributed by atoms with E-state index in [0.717, 1.165) is 26.1 Å². The predicted molar refractivity (Wildman–Crippen MR) is 86.6 cm³/mol. The highest BCUT2D eigenvalue weighted by molar-refractivity contribution is 4.93. The Labute approximate surface area is 130 Å². The van der Waals surface area contributed by atoms with E-state index in [0.29, 0.717) is 13.2 Å². The molecule has 0 spiro atoms. The molecule has 4 heteroatoms. The Balaban J connectivity index is 1.95. The van der Waals surface area contributed by atoms with Crippen LogP contribution in [-0.4, -0.2) is 49.2 Å². The summed E-state index contributed by atoms with van der Waals surface area (Å²) in [6.07, 6.45) is 8.38. The molecule has 0 amide bonds. The number of β-amino-alcohol motifs (C(OH)–C–C–N with tert-alkyl or cyclic N) is 1. The minimum atomic E-state index is -0.435. The second-order valence-electron chi connectivity index (χ2n) is 6.56. The molecule has 0 saturated carbocycles.